The van der Waals surface area contributed by atoms with E-state index in [1.807, 2.05) is 39.0 Å². The molecule has 1 aromatic heterocycles. The molecule has 0 amide bonds. The maximum atomic E-state index is 10.3. The molecule has 0 saturated heterocycles. The van der Waals surface area contributed by atoms with Crippen LogP contribution in [0.5, 0.6) is 11.5 Å². The molecule has 0 spiro atoms. The summed E-state index contributed by atoms with van der Waals surface area (Å²) in [6.07, 6.45) is 1.56. The minimum atomic E-state index is 0.0460. The number of aromatic nitrogens is 1. The molecule has 0 unspecified atom stereocenters. The molecule has 0 atom stereocenters. The molecule has 0 radical (unpaired) electrons. The molecule has 6 heteroatoms. The normalized spacial score (nSPS) is 11.6. The van der Waals surface area contributed by atoms with Gasteiger partial charge in [-0.15, -0.1) is 0 Å². The van der Waals surface area contributed by atoms with Gasteiger partial charge in [0.25, 0.3) is 0 Å². The Morgan fingerprint density at radius 2 is 1.79 bits per heavy atom. The number of aromatic hydroxyl groups is 2. The van der Waals surface area contributed by atoms with Crippen LogP contribution in [-0.2, 0) is 0 Å². The van der Waals surface area contributed by atoms with Gasteiger partial charge in [0.1, 0.15) is 17.0 Å². The van der Waals surface area contributed by atoms with Gasteiger partial charge < -0.3 is 14.6 Å². The lowest BCUT2D eigenvalue weighted by Crippen LogP contribution is -1.92. The Balaban J connectivity index is 1.74. The predicted molar refractivity (Wildman–Crippen MR) is 116 cm³/mol. The Kier molecular flexibility index (Phi) is 4.76. The van der Waals surface area contributed by atoms with E-state index >= 15 is 0 Å². The average molecular weight is 407 g/mol. The van der Waals surface area contributed by atoms with Crippen molar-refractivity contribution in [3.8, 4) is 23.0 Å². The number of oxazole rings is 1. The molecule has 1 heterocycles. The van der Waals surface area contributed by atoms with Crippen molar-refractivity contribution in [1.29, 1.82) is 0 Å². The maximum Gasteiger partial charge on any atom is 0.231 e. The number of hydrogen-bond donors (Lipinski definition) is 2. The van der Waals surface area contributed by atoms with Crippen molar-refractivity contribution in [3.05, 3.63) is 69.7 Å². The second-order valence-electron chi connectivity index (χ2n) is 7.02. The number of aryl methyl sites for hydroxylation is 2. The van der Waals surface area contributed by atoms with Crippen LogP contribution >= 0.6 is 11.6 Å². The number of aliphatic imine (C=N–C) groups is 1. The van der Waals surface area contributed by atoms with Crippen LogP contribution in [0.2, 0.25) is 5.02 Å². The molecule has 3 aromatic carbocycles. The van der Waals surface area contributed by atoms with E-state index in [0.717, 1.165) is 22.2 Å². The third kappa shape index (κ3) is 3.57. The zero-order chi connectivity index (χ0) is 20.7. The van der Waals surface area contributed by atoms with Crippen molar-refractivity contribution < 1.29 is 14.6 Å². The topological polar surface area (TPSA) is 78.9 Å². The molecular formula is C23H19ClN2O3. The smallest absolute Gasteiger partial charge is 0.231 e. The van der Waals surface area contributed by atoms with Gasteiger partial charge >= 0.3 is 0 Å². The largest absolute Gasteiger partial charge is 0.507 e. The lowest BCUT2D eigenvalue weighted by atomic mass is 10.0. The minimum Gasteiger partial charge on any atom is -0.507 e. The summed E-state index contributed by atoms with van der Waals surface area (Å²) in [6.45, 7) is 5.65. The summed E-state index contributed by atoms with van der Waals surface area (Å²) in [5.74, 6) is 0.476. The van der Waals surface area contributed by atoms with E-state index in [4.69, 9.17) is 16.0 Å². The number of fused-ring (bicyclic) bond motifs is 1. The number of halogens is 1. The van der Waals surface area contributed by atoms with Crippen LogP contribution in [0.3, 0.4) is 0 Å². The molecule has 29 heavy (non-hydrogen) atoms. The molecule has 0 saturated carbocycles. The molecule has 0 fully saturated rings. The first kappa shape index (κ1) is 19.0. The van der Waals surface area contributed by atoms with Crippen LogP contribution in [0.1, 0.15) is 22.3 Å². The molecule has 5 nitrogen and oxygen atoms in total. The summed E-state index contributed by atoms with van der Waals surface area (Å²) in [4.78, 5) is 8.92. The van der Waals surface area contributed by atoms with Crippen LogP contribution in [0.25, 0.3) is 22.6 Å². The van der Waals surface area contributed by atoms with Gasteiger partial charge in [0, 0.05) is 16.8 Å². The molecule has 0 aliphatic rings. The fourth-order valence-corrected chi connectivity index (χ4v) is 3.34. The SMILES string of the molecule is Cc1ccc2oc(-c3cc(N=Cc4c(O)cc(C)c(Cl)c4C)ccc3O)nc2c1. The third-order valence-corrected chi connectivity index (χ3v) is 5.39. The predicted octanol–water partition coefficient (Wildman–Crippen LogP) is 6.24. The second kappa shape index (κ2) is 7.26. The molecule has 146 valence electrons. The van der Waals surface area contributed by atoms with Gasteiger partial charge in [-0.1, -0.05) is 17.7 Å². The van der Waals surface area contributed by atoms with E-state index in [2.05, 4.69) is 9.98 Å². The summed E-state index contributed by atoms with van der Waals surface area (Å²) >= 11 is 6.29. The molecule has 0 aliphatic carbocycles. The summed E-state index contributed by atoms with van der Waals surface area (Å²) in [6, 6.07) is 12.2. The van der Waals surface area contributed by atoms with E-state index in [0.29, 0.717) is 33.3 Å². The van der Waals surface area contributed by atoms with Gasteiger partial charge in [0.2, 0.25) is 5.89 Å². The maximum absolute atomic E-state index is 10.3. The number of rotatable bonds is 3. The van der Waals surface area contributed by atoms with Crippen LogP contribution in [0, 0.1) is 20.8 Å². The van der Waals surface area contributed by atoms with Crippen molar-refractivity contribution in [2.24, 2.45) is 4.99 Å². The molecule has 0 aliphatic heterocycles. The third-order valence-electron chi connectivity index (χ3n) is 4.80. The highest BCUT2D eigenvalue weighted by Gasteiger charge is 2.14. The Morgan fingerprint density at radius 1 is 1.00 bits per heavy atom. The van der Waals surface area contributed by atoms with E-state index in [1.165, 1.54) is 6.07 Å². The van der Waals surface area contributed by atoms with Crippen LogP contribution in [0.4, 0.5) is 5.69 Å². The van der Waals surface area contributed by atoms with Crippen molar-refractivity contribution in [1.82, 2.24) is 4.98 Å². The first-order valence-corrected chi connectivity index (χ1v) is 9.44. The minimum absolute atomic E-state index is 0.0460. The molecule has 4 aromatic rings. The first-order chi connectivity index (χ1) is 13.8. The number of phenolic OH excluding ortho intramolecular Hbond substituents is 2. The highest BCUT2D eigenvalue weighted by atomic mass is 35.5. The fraction of sp³-hybridized carbons (Fsp3) is 0.130. The van der Waals surface area contributed by atoms with E-state index in [-0.39, 0.29) is 11.5 Å². The van der Waals surface area contributed by atoms with Crippen molar-refractivity contribution in [2.45, 2.75) is 20.8 Å². The van der Waals surface area contributed by atoms with Gasteiger partial charge in [0.05, 0.1) is 11.3 Å². The number of hydrogen-bond acceptors (Lipinski definition) is 5. The van der Waals surface area contributed by atoms with Gasteiger partial charge in [-0.25, -0.2) is 4.98 Å². The summed E-state index contributed by atoms with van der Waals surface area (Å²) in [5, 5.41) is 21.1. The van der Waals surface area contributed by atoms with Crippen molar-refractivity contribution in [3.63, 3.8) is 0 Å². The van der Waals surface area contributed by atoms with Crippen molar-refractivity contribution in [2.75, 3.05) is 0 Å². The lowest BCUT2D eigenvalue weighted by molar-refractivity contribution is 0.473. The average Bonchev–Trinajstić information content (AvgIpc) is 3.10. The molecule has 0 bridgehead atoms. The van der Waals surface area contributed by atoms with Crippen LogP contribution in [0.15, 0.2) is 51.9 Å². The summed E-state index contributed by atoms with van der Waals surface area (Å²) in [7, 11) is 0. The van der Waals surface area contributed by atoms with E-state index in [1.54, 1.807) is 24.4 Å². The Hall–Kier alpha value is -3.31. The zero-order valence-corrected chi connectivity index (χ0v) is 16.9. The van der Waals surface area contributed by atoms with E-state index in [9.17, 15) is 10.2 Å². The number of nitrogens with zero attached hydrogens (tertiary/aromatic N) is 2. The number of phenols is 2. The Labute approximate surface area is 172 Å². The first-order valence-electron chi connectivity index (χ1n) is 9.07. The van der Waals surface area contributed by atoms with Crippen LogP contribution in [-0.4, -0.2) is 21.4 Å². The van der Waals surface area contributed by atoms with E-state index < -0.39 is 0 Å². The Bertz CT molecular complexity index is 1280. The lowest BCUT2D eigenvalue weighted by Gasteiger charge is -2.09. The fourth-order valence-electron chi connectivity index (χ4n) is 3.18. The molecule has 4 rings (SSSR count). The highest BCUT2D eigenvalue weighted by molar-refractivity contribution is 6.32. The van der Waals surface area contributed by atoms with Crippen LogP contribution < -0.4 is 0 Å². The quantitative estimate of drug-likeness (QED) is 0.395. The second-order valence-corrected chi connectivity index (χ2v) is 7.39. The number of benzene rings is 3. The molecule has 2 N–H and O–H groups in total. The summed E-state index contributed by atoms with van der Waals surface area (Å²) in [5.41, 5.74) is 5.57. The zero-order valence-electron chi connectivity index (χ0n) is 16.2. The monoisotopic (exact) mass is 406 g/mol. The Morgan fingerprint density at radius 3 is 2.59 bits per heavy atom. The summed E-state index contributed by atoms with van der Waals surface area (Å²) < 4.78 is 5.79. The van der Waals surface area contributed by atoms with Gasteiger partial charge in [-0.2, -0.15) is 0 Å². The van der Waals surface area contributed by atoms with Crippen molar-refractivity contribution >= 4 is 34.6 Å². The molecular weight excluding hydrogens is 388 g/mol. The standard InChI is InChI=1S/C23H19ClN2O3/c1-12-4-7-21-18(8-12)26-23(29-21)16-10-15(5-6-19(16)27)25-11-17-14(3)22(24)13(2)9-20(17)28/h4-11,27-28H,1-3H3. The van der Waals surface area contributed by atoms with Gasteiger partial charge in [-0.05, 0) is 73.9 Å². The van der Waals surface area contributed by atoms with Gasteiger partial charge in [0.15, 0.2) is 5.58 Å². The highest BCUT2D eigenvalue weighted by Crippen LogP contribution is 2.35. The van der Waals surface area contributed by atoms with Gasteiger partial charge in [-0.3, -0.25) is 4.99 Å².